The van der Waals surface area contributed by atoms with E-state index in [2.05, 4.69) is 102 Å². The molecule has 0 unspecified atom stereocenters. The van der Waals surface area contributed by atoms with Crippen molar-refractivity contribution in [2.75, 3.05) is 49.6 Å². The summed E-state index contributed by atoms with van der Waals surface area (Å²) in [7, 11) is 2.12. The summed E-state index contributed by atoms with van der Waals surface area (Å²) in [6.45, 7) is 12.1. The molecular formula is C35H41N7. The molecule has 1 fully saturated rings. The first-order valence-electron chi connectivity index (χ1n) is 15.1. The van der Waals surface area contributed by atoms with Crippen LogP contribution in [0.25, 0.3) is 28.2 Å². The molecule has 0 spiro atoms. The van der Waals surface area contributed by atoms with E-state index in [1.165, 1.54) is 16.8 Å². The van der Waals surface area contributed by atoms with Gasteiger partial charge in [0.2, 0.25) is 0 Å². The lowest BCUT2D eigenvalue weighted by atomic mass is 10.1. The summed E-state index contributed by atoms with van der Waals surface area (Å²) in [4.78, 5) is 22.0. The summed E-state index contributed by atoms with van der Waals surface area (Å²) in [5.74, 6) is 1.75. The maximum absolute atomic E-state index is 5.12. The quantitative estimate of drug-likeness (QED) is 0.192. The van der Waals surface area contributed by atoms with Crippen molar-refractivity contribution in [1.82, 2.24) is 24.4 Å². The highest BCUT2D eigenvalue weighted by Crippen LogP contribution is 2.31. The lowest BCUT2D eigenvalue weighted by Crippen LogP contribution is -2.52. The number of hydrogen-bond acceptors (Lipinski definition) is 6. The second-order valence-corrected chi connectivity index (χ2v) is 11.5. The smallest absolute Gasteiger partial charge is 0.170 e. The van der Waals surface area contributed by atoms with E-state index >= 15 is 0 Å². The second kappa shape index (κ2) is 12.3. The summed E-state index contributed by atoms with van der Waals surface area (Å²) in [6, 6.07) is 27.9. The molecule has 7 heteroatoms. The maximum atomic E-state index is 5.12. The molecule has 2 aromatic heterocycles. The van der Waals surface area contributed by atoms with Crippen LogP contribution in [0.1, 0.15) is 30.9 Å². The number of anilines is 2. The van der Waals surface area contributed by atoms with Crippen LogP contribution in [-0.2, 0) is 0 Å². The number of aromatic nitrogens is 4. The molecule has 42 heavy (non-hydrogen) atoms. The molecular weight excluding hydrogens is 518 g/mol. The number of imidazole rings is 1. The highest BCUT2D eigenvalue weighted by Gasteiger charge is 2.25. The van der Waals surface area contributed by atoms with Crippen LogP contribution in [-0.4, -0.2) is 70.2 Å². The van der Waals surface area contributed by atoms with Gasteiger partial charge in [0.05, 0.1) is 0 Å². The molecule has 6 rings (SSSR count). The summed E-state index contributed by atoms with van der Waals surface area (Å²) < 4.78 is 2.14. The molecule has 0 saturated carbocycles. The lowest BCUT2D eigenvalue weighted by molar-refractivity contribution is 0.186. The van der Waals surface area contributed by atoms with Crippen molar-refractivity contribution < 1.29 is 0 Å². The van der Waals surface area contributed by atoms with Crippen molar-refractivity contribution in [1.29, 1.82) is 0 Å². The molecule has 1 saturated heterocycles. The zero-order valence-corrected chi connectivity index (χ0v) is 25.2. The first-order chi connectivity index (χ1) is 20.5. The molecule has 0 bridgehead atoms. The Morgan fingerprint density at radius 3 is 2.38 bits per heavy atom. The highest BCUT2D eigenvalue weighted by molar-refractivity contribution is 5.88. The molecule has 3 heterocycles. The van der Waals surface area contributed by atoms with E-state index < -0.39 is 0 Å². The van der Waals surface area contributed by atoms with Crippen LogP contribution < -0.4 is 9.80 Å². The standard InChI is InChI=1S/C35H41N7/c1-26-14-13-19-31(28(26)3)41-23-22-40(27(2)24-41)21-12-11-20-39(4)34-32-35(37-25-36-34)42(30-17-9-6-10-18-30)33(38-32)29-15-7-5-8-16-29/h5-10,13-19,25,27H,11-12,20-24H2,1-4H3/t27-/m0/s1. The van der Waals surface area contributed by atoms with Gasteiger partial charge >= 0.3 is 0 Å². The van der Waals surface area contributed by atoms with E-state index in [-0.39, 0.29) is 0 Å². The van der Waals surface area contributed by atoms with E-state index in [0.29, 0.717) is 6.04 Å². The Bertz CT molecular complexity index is 1630. The van der Waals surface area contributed by atoms with Gasteiger partial charge in [0.15, 0.2) is 17.0 Å². The van der Waals surface area contributed by atoms with E-state index in [0.717, 1.165) is 79.6 Å². The van der Waals surface area contributed by atoms with Gasteiger partial charge in [-0.15, -0.1) is 0 Å². The SMILES string of the molecule is Cc1cccc(N2CCN(CCCCN(C)c3ncnc4c3nc(-c3ccccc3)n4-c3ccccc3)[C@@H](C)C2)c1C. The van der Waals surface area contributed by atoms with Gasteiger partial charge < -0.3 is 9.80 Å². The Hall–Kier alpha value is -4.23. The maximum Gasteiger partial charge on any atom is 0.170 e. The lowest BCUT2D eigenvalue weighted by Gasteiger charge is -2.41. The zero-order chi connectivity index (χ0) is 29.1. The molecule has 5 aromatic rings. The van der Waals surface area contributed by atoms with Crippen LogP contribution in [0.5, 0.6) is 0 Å². The Kier molecular flexibility index (Phi) is 8.20. The van der Waals surface area contributed by atoms with Crippen LogP contribution >= 0.6 is 0 Å². The van der Waals surface area contributed by atoms with Gasteiger partial charge in [-0.1, -0.05) is 60.7 Å². The van der Waals surface area contributed by atoms with E-state index in [1.54, 1.807) is 6.33 Å². The molecule has 1 atom stereocenters. The normalized spacial score (nSPS) is 15.8. The van der Waals surface area contributed by atoms with E-state index in [9.17, 15) is 0 Å². The van der Waals surface area contributed by atoms with Gasteiger partial charge in [0, 0.05) is 56.2 Å². The summed E-state index contributed by atoms with van der Waals surface area (Å²) in [6.07, 6.45) is 3.91. The molecule has 0 aliphatic carbocycles. The van der Waals surface area contributed by atoms with E-state index in [1.807, 2.05) is 24.3 Å². The minimum absolute atomic E-state index is 0.538. The fourth-order valence-electron chi connectivity index (χ4n) is 6.16. The molecule has 0 radical (unpaired) electrons. The van der Waals surface area contributed by atoms with Crippen molar-refractivity contribution in [2.45, 2.75) is 39.7 Å². The molecule has 0 amide bonds. The number of piperazine rings is 1. The molecule has 216 valence electrons. The second-order valence-electron chi connectivity index (χ2n) is 11.5. The van der Waals surface area contributed by atoms with Crippen LogP contribution in [0.2, 0.25) is 0 Å². The van der Waals surface area contributed by atoms with Gasteiger partial charge in [0.25, 0.3) is 0 Å². The van der Waals surface area contributed by atoms with Crippen molar-refractivity contribution in [3.63, 3.8) is 0 Å². The van der Waals surface area contributed by atoms with E-state index in [4.69, 9.17) is 15.0 Å². The van der Waals surface area contributed by atoms with Crippen LogP contribution in [0.4, 0.5) is 11.5 Å². The van der Waals surface area contributed by atoms with Crippen LogP contribution in [0.3, 0.4) is 0 Å². The van der Waals surface area contributed by atoms with Gasteiger partial charge in [-0.05, 0) is 69.5 Å². The number of nitrogens with zero attached hydrogens (tertiary/aromatic N) is 7. The predicted octanol–water partition coefficient (Wildman–Crippen LogP) is 6.53. The van der Waals surface area contributed by atoms with Gasteiger partial charge in [0.1, 0.15) is 12.2 Å². The third kappa shape index (κ3) is 5.61. The zero-order valence-electron chi connectivity index (χ0n) is 25.2. The number of hydrogen-bond donors (Lipinski definition) is 0. The Labute approximate surface area is 249 Å². The number of benzene rings is 3. The van der Waals surface area contributed by atoms with Gasteiger partial charge in [-0.3, -0.25) is 9.47 Å². The average Bonchev–Trinajstić information content (AvgIpc) is 3.42. The molecule has 1 aliphatic heterocycles. The monoisotopic (exact) mass is 559 g/mol. The molecule has 3 aromatic carbocycles. The fourth-order valence-corrected chi connectivity index (χ4v) is 6.16. The van der Waals surface area contributed by atoms with Crippen molar-refractivity contribution >= 4 is 22.7 Å². The van der Waals surface area contributed by atoms with Gasteiger partial charge in [-0.25, -0.2) is 15.0 Å². The highest BCUT2D eigenvalue weighted by atomic mass is 15.3. The Morgan fingerprint density at radius 2 is 1.62 bits per heavy atom. The minimum Gasteiger partial charge on any atom is -0.368 e. The Balaban J connectivity index is 1.12. The molecule has 7 nitrogen and oxygen atoms in total. The molecule has 0 N–H and O–H groups in total. The number of unbranched alkanes of at least 4 members (excludes halogenated alkanes) is 1. The van der Waals surface area contributed by atoms with Crippen LogP contribution in [0, 0.1) is 13.8 Å². The van der Waals surface area contributed by atoms with Crippen LogP contribution in [0.15, 0.2) is 85.2 Å². The first-order valence-corrected chi connectivity index (χ1v) is 15.1. The average molecular weight is 560 g/mol. The third-order valence-corrected chi connectivity index (χ3v) is 8.70. The summed E-state index contributed by atoms with van der Waals surface area (Å²) in [5.41, 5.74) is 7.92. The largest absolute Gasteiger partial charge is 0.368 e. The number of aryl methyl sites for hydroxylation is 1. The first kappa shape index (κ1) is 27.9. The minimum atomic E-state index is 0.538. The van der Waals surface area contributed by atoms with Gasteiger partial charge in [-0.2, -0.15) is 0 Å². The number of para-hydroxylation sites is 1. The predicted molar refractivity (Wildman–Crippen MR) is 174 cm³/mol. The number of rotatable bonds is 9. The molecule has 1 aliphatic rings. The third-order valence-electron chi connectivity index (χ3n) is 8.70. The van der Waals surface area contributed by atoms with Crippen molar-refractivity contribution in [2.24, 2.45) is 0 Å². The Morgan fingerprint density at radius 1 is 0.857 bits per heavy atom. The van der Waals surface area contributed by atoms with Crippen molar-refractivity contribution in [3.8, 4) is 17.1 Å². The number of fused-ring (bicyclic) bond motifs is 1. The summed E-state index contributed by atoms with van der Waals surface area (Å²) >= 11 is 0. The fraction of sp³-hybridized carbons (Fsp3) is 0.343. The topological polar surface area (TPSA) is 53.3 Å². The summed E-state index contributed by atoms with van der Waals surface area (Å²) in [5, 5.41) is 0. The van der Waals surface area contributed by atoms with Crippen molar-refractivity contribution in [3.05, 3.63) is 96.3 Å².